The number of hydrogen-bond donors (Lipinski definition) is 1. The Morgan fingerprint density at radius 3 is 2.18 bits per heavy atom. The van der Waals surface area contributed by atoms with Crippen molar-refractivity contribution in [3.63, 3.8) is 0 Å². The molecule has 3 rings (SSSR count). The highest BCUT2D eigenvalue weighted by atomic mass is 16.4. The van der Waals surface area contributed by atoms with Gasteiger partial charge < -0.3 is 10.0 Å². The predicted octanol–water partition coefficient (Wildman–Crippen LogP) is 3.63. The van der Waals surface area contributed by atoms with Crippen molar-refractivity contribution < 1.29 is 14.4 Å². The van der Waals surface area contributed by atoms with Gasteiger partial charge in [-0.3, -0.25) is 0 Å². The summed E-state index contributed by atoms with van der Waals surface area (Å²) in [4.78, 5) is 13.9. The predicted molar refractivity (Wildman–Crippen MR) is 84.4 cm³/mol. The van der Waals surface area contributed by atoms with Gasteiger partial charge in [0.1, 0.15) is 12.7 Å². The van der Waals surface area contributed by atoms with Crippen LogP contribution in [0.15, 0.2) is 73.1 Å². The lowest BCUT2D eigenvalue weighted by atomic mass is 10.2. The van der Waals surface area contributed by atoms with Crippen LogP contribution in [-0.4, -0.2) is 27.3 Å². The highest BCUT2D eigenvalue weighted by Crippen LogP contribution is 2.24. The zero-order valence-corrected chi connectivity index (χ0v) is 12.3. The van der Waals surface area contributed by atoms with Crippen LogP contribution in [0.1, 0.15) is 11.1 Å². The minimum absolute atomic E-state index is 0.0865. The Hall–Kier alpha value is -2.59. The van der Waals surface area contributed by atoms with Crippen LogP contribution in [-0.2, 0) is 13.1 Å². The second kappa shape index (κ2) is 6.03. The molecule has 0 aliphatic carbocycles. The summed E-state index contributed by atoms with van der Waals surface area (Å²) in [5.74, 6) is 0. The standard InChI is InChI=1S/C18H18N2O2/c21-18(22)20(14-17-9-5-2-6-10-17)12-11-19(15-20)13-16-7-3-1-4-8-16/h1-12H,13-15H2/p+1. The molecule has 4 nitrogen and oxygen atoms in total. The molecule has 4 heteroatoms. The average Bonchev–Trinajstić information content (AvgIpc) is 2.93. The summed E-state index contributed by atoms with van der Waals surface area (Å²) in [5, 5.41) is 9.70. The fourth-order valence-electron chi connectivity index (χ4n) is 2.76. The Bertz CT molecular complexity index is 670. The van der Waals surface area contributed by atoms with Crippen molar-refractivity contribution in [2.75, 3.05) is 6.67 Å². The number of rotatable bonds is 4. The fourth-order valence-corrected chi connectivity index (χ4v) is 2.76. The molecule has 0 aromatic heterocycles. The maximum Gasteiger partial charge on any atom is 0.520 e. The van der Waals surface area contributed by atoms with Gasteiger partial charge in [0.15, 0.2) is 6.67 Å². The molecule has 0 bridgehead atoms. The van der Waals surface area contributed by atoms with Crippen molar-refractivity contribution in [1.29, 1.82) is 0 Å². The quantitative estimate of drug-likeness (QED) is 0.876. The topological polar surface area (TPSA) is 40.5 Å². The van der Waals surface area contributed by atoms with Gasteiger partial charge in [-0.1, -0.05) is 60.7 Å². The van der Waals surface area contributed by atoms with Gasteiger partial charge in [-0.15, -0.1) is 0 Å². The first kappa shape index (κ1) is 14.4. The van der Waals surface area contributed by atoms with E-state index in [4.69, 9.17) is 0 Å². The highest BCUT2D eigenvalue weighted by molar-refractivity contribution is 5.58. The number of quaternary nitrogens is 1. The van der Waals surface area contributed by atoms with E-state index in [0.717, 1.165) is 12.1 Å². The van der Waals surface area contributed by atoms with E-state index in [1.165, 1.54) is 5.56 Å². The van der Waals surface area contributed by atoms with E-state index in [1.807, 2.05) is 59.6 Å². The zero-order chi connectivity index (χ0) is 15.4. The lowest BCUT2D eigenvalue weighted by Gasteiger charge is -2.27. The monoisotopic (exact) mass is 295 g/mol. The molecule has 1 unspecified atom stereocenters. The molecule has 2 aromatic rings. The third kappa shape index (κ3) is 3.02. The van der Waals surface area contributed by atoms with Crippen molar-refractivity contribution >= 4 is 6.09 Å². The molecule has 1 amide bonds. The van der Waals surface area contributed by atoms with E-state index in [1.54, 1.807) is 6.20 Å². The van der Waals surface area contributed by atoms with Gasteiger partial charge in [0.2, 0.25) is 0 Å². The molecule has 0 saturated heterocycles. The molecule has 1 aliphatic heterocycles. The van der Waals surface area contributed by atoms with Gasteiger partial charge in [-0.25, -0.2) is 0 Å². The van der Waals surface area contributed by atoms with Crippen molar-refractivity contribution in [3.8, 4) is 0 Å². The van der Waals surface area contributed by atoms with Gasteiger partial charge in [0.05, 0.1) is 6.20 Å². The van der Waals surface area contributed by atoms with Gasteiger partial charge in [-0.2, -0.15) is 9.28 Å². The van der Waals surface area contributed by atoms with E-state index in [-0.39, 0.29) is 4.48 Å². The minimum Gasteiger partial charge on any atom is -0.435 e. The smallest absolute Gasteiger partial charge is 0.435 e. The molecule has 22 heavy (non-hydrogen) atoms. The van der Waals surface area contributed by atoms with Crippen LogP contribution in [0.4, 0.5) is 4.79 Å². The van der Waals surface area contributed by atoms with Crippen LogP contribution in [0.25, 0.3) is 0 Å². The van der Waals surface area contributed by atoms with E-state index in [0.29, 0.717) is 13.2 Å². The third-order valence-corrected chi connectivity index (χ3v) is 3.91. The summed E-state index contributed by atoms with van der Waals surface area (Å²) in [5.41, 5.74) is 2.20. The number of carboxylic acid groups (broad SMARTS) is 1. The molecule has 2 aromatic carbocycles. The van der Waals surface area contributed by atoms with E-state index < -0.39 is 6.09 Å². The number of hydrogen-bond acceptors (Lipinski definition) is 2. The maximum atomic E-state index is 11.8. The first-order chi connectivity index (χ1) is 10.7. The minimum atomic E-state index is -0.823. The van der Waals surface area contributed by atoms with Crippen LogP contribution in [0, 0.1) is 0 Å². The van der Waals surface area contributed by atoms with Gasteiger partial charge >= 0.3 is 6.09 Å². The maximum absolute atomic E-state index is 11.8. The molecular formula is C18H19N2O2+. The molecule has 1 atom stereocenters. The van der Waals surface area contributed by atoms with E-state index in [9.17, 15) is 9.90 Å². The molecule has 0 saturated carbocycles. The number of carbonyl (C=O) groups is 1. The third-order valence-electron chi connectivity index (χ3n) is 3.91. The summed E-state index contributed by atoms with van der Waals surface area (Å²) in [6.45, 7) is 1.62. The summed E-state index contributed by atoms with van der Waals surface area (Å²) < 4.78 is -0.0865. The summed E-state index contributed by atoms with van der Waals surface area (Å²) in [6, 6.07) is 19.8. The first-order valence-electron chi connectivity index (χ1n) is 7.29. The van der Waals surface area contributed by atoms with Crippen molar-refractivity contribution in [2.24, 2.45) is 0 Å². The Morgan fingerprint density at radius 1 is 1.00 bits per heavy atom. The number of amides is 1. The van der Waals surface area contributed by atoms with E-state index in [2.05, 4.69) is 12.1 Å². The van der Waals surface area contributed by atoms with Crippen molar-refractivity contribution in [3.05, 3.63) is 84.2 Å². The van der Waals surface area contributed by atoms with Crippen LogP contribution in [0.2, 0.25) is 0 Å². The lowest BCUT2D eigenvalue weighted by Crippen LogP contribution is -2.48. The Balaban J connectivity index is 1.74. The fraction of sp³-hybridized carbons (Fsp3) is 0.167. The Labute approximate surface area is 130 Å². The SMILES string of the molecule is O=C(O)[N+]1(Cc2ccccc2)C=CN(Cc2ccccc2)C1. The van der Waals surface area contributed by atoms with Crippen molar-refractivity contribution in [2.45, 2.75) is 13.1 Å². The second-order valence-electron chi connectivity index (χ2n) is 5.63. The van der Waals surface area contributed by atoms with Crippen molar-refractivity contribution in [1.82, 2.24) is 4.90 Å². The molecular weight excluding hydrogens is 276 g/mol. The van der Waals surface area contributed by atoms with Gasteiger partial charge in [0, 0.05) is 12.1 Å². The molecule has 1 N–H and O–H groups in total. The molecule has 1 heterocycles. The molecule has 0 fully saturated rings. The number of benzene rings is 2. The average molecular weight is 295 g/mol. The highest BCUT2D eigenvalue weighted by Gasteiger charge is 2.40. The van der Waals surface area contributed by atoms with Crippen LogP contribution < -0.4 is 0 Å². The molecule has 0 spiro atoms. The second-order valence-corrected chi connectivity index (χ2v) is 5.63. The summed E-state index contributed by atoms with van der Waals surface area (Å²) in [6.07, 6.45) is 2.85. The molecule has 112 valence electrons. The summed E-state index contributed by atoms with van der Waals surface area (Å²) >= 11 is 0. The van der Waals surface area contributed by atoms with Crippen LogP contribution >= 0.6 is 0 Å². The Morgan fingerprint density at radius 2 is 1.59 bits per heavy atom. The largest absolute Gasteiger partial charge is 0.520 e. The molecule has 0 radical (unpaired) electrons. The Kier molecular flexibility index (Phi) is 3.94. The normalized spacial score (nSPS) is 20.3. The lowest BCUT2D eigenvalue weighted by molar-refractivity contribution is -0.822. The van der Waals surface area contributed by atoms with Crippen LogP contribution in [0.3, 0.4) is 0 Å². The first-order valence-corrected chi connectivity index (χ1v) is 7.29. The van der Waals surface area contributed by atoms with Crippen LogP contribution in [0.5, 0.6) is 0 Å². The van der Waals surface area contributed by atoms with E-state index >= 15 is 0 Å². The van der Waals surface area contributed by atoms with Gasteiger partial charge in [-0.05, 0) is 5.56 Å². The summed E-state index contributed by atoms with van der Waals surface area (Å²) in [7, 11) is 0. The zero-order valence-electron chi connectivity index (χ0n) is 12.3. The number of nitrogens with zero attached hydrogens (tertiary/aromatic N) is 2. The molecule has 1 aliphatic rings. The van der Waals surface area contributed by atoms with Gasteiger partial charge in [0.25, 0.3) is 0 Å².